The van der Waals surface area contributed by atoms with Crippen molar-refractivity contribution in [2.45, 2.75) is 30.2 Å². The summed E-state index contributed by atoms with van der Waals surface area (Å²) in [7, 11) is 1.95. The maximum atomic E-state index is 12.3. The lowest BCUT2D eigenvalue weighted by Gasteiger charge is -2.19. The monoisotopic (exact) mass is 322 g/mol. The highest BCUT2D eigenvalue weighted by atomic mass is 32.2. The fourth-order valence-corrected chi connectivity index (χ4v) is 4.08. The molecule has 0 bridgehead atoms. The van der Waals surface area contributed by atoms with Gasteiger partial charge in [-0.05, 0) is 31.2 Å². The van der Waals surface area contributed by atoms with Crippen molar-refractivity contribution in [3.8, 4) is 10.7 Å². The molecule has 2 aromatic rings. The highest BCUT2D eigenvalue weighted by Crippen LogP contribution is 2.28. The average Bonchev–Trinajstić information content (AvgIpc) is 3.20. The molecule has 0 radical (unpaired) electrons. The van der Waals surface area contributed by atoms with Crippen molar-refractivity contribution in [1.29, 1.82) is 0 Å². The average molecular weight is 322 g/mol. The van der Waals surface area contributed by atoms with Gasteiger partial charge in [0, 0.05) is 20.1 Å². The Hall–Kier alpha value is -1.34. The Kier molecular flexibility index (Phi) is 4.30. The van der Waals surface area contributed by atoms with E-state index in [-0.39, 0.29) is 11.2 Å². The minimum Gasteiger partial charge on any atom is -0.342 e. The molecule has 0 N–H and O–H groups in total. The number of hydrogen-bond acceptors (Lipinski definition) is 5. The van der Waals surface area contributed by atoms with E-state index < -0.39 is 0 Å². The molecule has 0 spiro atoms. The van der Waals surface area contributed by atoms with Crippen LogP contribution in [0.5, 0.6) is 0 Å². The molecule has 1 amide bonds. The normalized spacial score (nSPS) is 16.4. The van der Waals surface area contributed by atoms with Crippen molar-refractivity contribution in [1.82, 2.24) is 19.7 Å². The molecule has 0 aliphatic carbocycles. The Morgan fingerprint density at radius 1 is 1.38 bits per heavy atom. The molecule has 7 heteroatoms. The van der Waals surface area contributed by atoms with Gasteiger partial charge in [-0.1, -0.05) is 17.8 Å². The zero-order valence-electron chi connectivity index (χ0n) is 12.2. The number of carbonyl (C=O) groups excluding carboxylic acids is 1. The van der Waals surface area contributed by atoms with E-state index in [0.29, 0.717) is 0 Å². The van der Waals surface area contributed by atoms with Crippen LogP contribution in [0.25, 0.3) is 10.7 Å². The van der Waals surface area contributed by atoms with E-state index in [1.54, 1.807) is 11.3 Å². The van der Waals surface area contributed by atoms with Crippen LogP contribution in [0, 0.1) is 0 Å². The van der Waals surface area contributed by atoms with Crippen molar-refractivity contribution in [3.05, 3.63) is 17.5 Å². The number of thioether (sulfide) groups is 1. The summed E-state index contributed by atoms with van der Waals surface area (Å²) >= 11 is 3.13. The number of likely N-dealkylation sites (tertiary alicyclic amines) is 1. The number of amides is 1. The van der Waals surface area contributed by atoms with Gasteiger partial charge in [0.1, 0.15) is 0 Å². The van der Waals surface area contributed by atoms with Crippen LogP contribution >= 0.6 is 23.1 Å². The lowest BCUT2D eigenvalue weighted by Crippen LogP contribution is -2.34. The first kappa shape index (κ1) is 14.6. The van der Waals surface area contributed by atoms with E-state index in [4.69, 9.17) is 0 Å². The fourth-order valence-electron chi connectivity index (χ4n) is 2.44. The first-order chi connectivity index (χ1) is 10.2. The minimum absolute atomic E-state index is 0.123. The van der Waals surface area contributed by atoms with Gasteiger partial charge in [-0.25, -0.2) is 0 Å². The number of hydrogen-bond donors (Lipinski definition) is 0. The standard InChI is InChI=1S/C14H18N4OS2/c1-10(13(19)18-7-3-4-8-18)21-14-16-15-12(17(14)2)11-6-5-9-20-11/h5-6,9-10H,3-4,7-8H2,1-2H3. The highest BCUT2D eigenvalue weighted by molar-refractivity contribution is 8.00. The van der Waals surface area contributed by atoms with Crippen LogP contribution in [0.2, 0.25) is 0 Å². The van der Waals surface area contributed by atoms with Crippen LogP contribution in [-0.2, 0) is 11.8 Å². The quantitative estimate of drug-likeness (QED) is 0.812. The van der Waals surface area contributed by atoms with Crippen molar-refractivity contribution >= 4 is 29.0 Å². The Morgan fingerprint density at radius 3 is 2.81 bits per heavy atom. The third-order valence-electron chi connectivity index (χ3n) is 3.62. The summed E-state index contributed by atoms with van der Waals surface area (Å²) in [6, 6.07) is 4.03. The molecule has 1 aliphatic heterocycles. The largest absolute Gasteiger partial charge is 0.342 e. The van der Waals surface area contributed by atoms with Gasteiger partial charge >= 0.3 is 0 Å². The first-order valence-electron chi connectivity index (χ1n) is 7.05. The Labute approximate surface area is 132 Å². The van der Waals surface area contributed by atoms with E-state index in [1.165, 1.54) is 11.8 Å². The third kappa shape index (κ3) is 2.98. The van der Waals surface area contributed by atoms with E-state index >= 15 is 0 Å². The number of nitrogens with zero attached hydrogens (tertiary/aromatic N) is 4. The van der Waals surface area contributed by atoms with E-state index in [9.17, 15) is 4.79 Å². The summed E-state index contributed by atoms with van der Waals surface area (Å²) < 4.78 is 1.96. The second-order valence-corrected chi connectivity index (χ2v) is 7.39. The summed E-state index contributed by atoms with van der Waals surface area (Å²) in [5.41, 5.74) is 0. The van der Waals surface area contributed by atoms with Gasteiger partial charge in [0.25, 0.3) is 0 Å². The second-order valence-electron chi connectivity index (χ2n) is 5.13. The summed E-state index contributed by atoms with van der Waals surface area (Å²) in [6.45, 7) is 3.73. The van der Waals surface area contributed by atoms with Crippen molar-refractivity contribution in [2.75, 3.05) is 13.1 Å². The molecule has 1 atom stereocenters. The van der Waals surface area contributed by atoms with Gasteiger partial charge in [0.2, 0.25) is 5.91 Å². The first-order valence-corrected chi connectivity index (χ1v) is 8.81. The molecule has 1 fully saturated rings. The van der Waals surface area contributed by atoms with E-state index in [0.717, 1.165) is 41.8 Å². The molecule has 2 aromatic heterocycles. The number of thiophene rings is 1. The van der Waals surface area contributed by atoms with Crippen molar-refractivity contribution < 1.29 is 4.79 Å². The van der Waals surface area contributed by atoms with Crippen LogP contribution in [0.15, 0.2) is 22.7 Å². The number of rotatable bonds is 4. The summed E-state index contributed by atoms with van der Waals surface area (Å²) in [5.74, 6) is 1.06. The predicted molar refractivity (Wildman–Crippen MR) is 85.4 cm³/mol. The molecular weight excluding hydrogens is 304 g/mol. The third-order valence-corrected chi connectivity index (χ3v) is 5.61. The van der Waals surface area contributed by atoms with E-state index in [1.807, 2.05) is 41.0 Å². The van der Waals surface area contributed by atoms with Gasteiger partial charge in [-0.2, -0.15) is 0 Å². The van der Waals surface area contributed by atoms with Crippen LogP contribution < -0.4 is 0 Å². The van der Waals surface area contributed by atoms with Gasteiger partial charge in [0.05, 0.1) is 10.1 Å². The molecule has 0 aromatic carbocycles. The zero-order valence-corrected chi connectivity index (χ0v) is 13.8. The van der Waals surface area contributed by atoms with Crippen LogP contribution in [0.3, 0.4) is 0 Å². The minimum atomic E-state index is -0.123. The smallest absolute Gasteiger partial charge is 0.235 e. The molecular formula is C14H18N4OS2. The van der Waals surface area contributed by atoms with Crippen LogP contribution in [0.1, 0.15) is 19.8 Å². The second kappa shape index (κ2) is 6.19. The predicted octanol–water partition coefficient (Wildman–Crippen LogP) is 2.65. The van der Waals surface area contributed by atoms with Gasteiger partial charge in [-0.15, -0.1) is 21.5 Å². The molecule has 5 nitrogen and oxygen atoms in total. The molecule has 112 valence electrons. The zero-order chi connectivity index (χ0) is 14.8. The molecule has 0 saturated carbocycles. The molecule has 1 aliphatic rings. The maximum Gasteiger partial charge on any atom is 0.235 e. The SMILES string of the molecule is CC(Sc1nnc(-c2cccs2)n1C)C(=O)N1CCCC1. The lowest BCUT2D eigenvalue weighted by atomic mass is 10.4. The number of carbonyl (C=O) groups is 1. The Bertz CT molecular complexity index is 617. The summed E-state index contributed by atoms with van der Waals surface area (Å²) in [5, 5.41) is 11.2. The molecule has 1 unspecified atom stereocenters. The number of aromatic nitrogens is 3. The maximum absolute atomic E-state index is 12.3. The fraction of sp³-hybridized carbons (Fsp3) is 0.500. The molecule has 3 heterocycles. The van der Waals surface area contributed by atoms with Gasteiger partial charge in [-0.3, -0.25) is 4.79 Å². The van der Waals surface area contributed by atoms with Crippen molar-refractivity contribution in [3.63, 3.8) is 0 Å². The van der Waals surface area contributed by atoms with E-state index in [2.05, 4.69) is 10.2 Å². The summed E-state index contributed by atoms with van der Waals surface area (Å²) in [4.78, 5) is 15.4. The molecule has 21 heavy (non-hydrogen) atoms. The molecule has 3 rings (SSSR count). The van der Waals surface area contributed by atoms with Crippen LogP contribution in [0.4, 0.5) is 0 Å². The Balaban J connectivity index is 1.71. The summed E-state index contributed by atoms with van der Waals surface area (Å²) in [6.07, 6.45) is 2.24. The Morgan fingerprint density at radius 2 is 2.14 bits per heavy atom. The topological polar surface area (TPSA) is 51.0 Å². The van der Waals surface area contributed by atoms with Gasteiger partial charge in [0.15, 0.2) is 11.0 Å². The highest BCUT2D eigenvalue weighted by Gasteiger charge is 2.25. The lowest BCUT2D eigenvalue weighted by molar-refractivity contribution is -0.129. The van der Waals surface area contributed by atoms with Crippen LogP contribution in [-0.4, -0.2) is 43.9 Å². The molecule has 1 saturated heterocycles. The van der Waals surface area contributed by atoms with Gasteiger partial charge < -0.3 is 9.47 Å². The van der Waals surface area contributed by atoms with Crippen molar-refractivity contribution in [2.24, 2.45) is 7.05 Å².